The number of rotatable bonds is 4. The molecule has 9 heteroatoms. The van der Waals surface area contributed by atoms with Gasteiger partial charge in [0.1, 0.15) is 16.4 Å². The van der Waals surface area contributed by atoms with E-state index in [0.717, 1.165) is 0 Å². The van der Waals surface area contributed by atoms with Gasteiger partial charge in [0.05, 0.1) is 13.2 Å². The molecular weight excluding hydrogens is 349 g/mol. The number of sulfonamides is 1. The second-order valence-corrected chi connectivity index (χ2v) is 7.52. The van der Waals surface area contributed by atoms with Gasteiger partial charge in [-0.2, -0.15) is 4.31 Å². The molecule has 0 spiro atoms. The lowest BCUT2D eigenvalue weighted by atomic mass is 10.1. The Labute approximate surface area is 144 Å². The molecular formula is C16H18FN3O4S. The molecule has 134 valence electrons. The van der Waals surface area contributed by atoms with Gasteiger partial charge in [-0.1, -0.05) is 12.1 Å². The minimum Gasteiger partial charge on any atom is -0.464 e. The van der Waals surface area contributed by atoms with Gasteiger partial charge >= 0.3 is 5.97 Å². The zero-order chi connectivity index (χ0) is 18.0. The smallest absolute Gasteiger partial charge is 0.354 e. The van der Waals surface area contributed by atoms with Crippen LogP contribution in [-0.2, 0) is 14.8 Å². The van der Waals surface area contributed by atoms with Crippen LogP contribution in [0.3, 0.4) is 0 Å². The molecule has 0 bridgehead atoms. The van der Waals surface area contributed by atoms with Crippen molar-refractivity contribution >= 4 is 16.0 Å². The highest BCUT2D eigenvalue weighted by Gasteiger charge is 2.35. The lowest BCUT2D eigenvalue weighted by Crippen LogP contribution is -2.48. The summed E-state index contributed by atoms with van der Waals surface area (Å²) in [5.41, 5.74) is 0.623. The van der Waals surface area contributed by atoms with Crippen molar-refractivity contribution in [2.24, 2.45) is 0 Å². The topological polar surface area (TPSA) is 91.5 Å². The fourth-order valence-corrected chi connectivity index (χ4v) is 4.47. The van der Waals surface area contributed by atoms with E-state index in [1.54, 1.807) is 12.1 Å². The molecule has 0 amide bonds. The Morgan fingerprint density at radius 1 is 1.36 bits per heavy atom. The van der Waals surface area contributed by atoms with Crippen LogP contribution in [0.2, 0.25) is 0 Å². The first-order valence-corrected chi connectivity index (χ1v) is 9.12. The summed E-state index contributed by atoms with van der Waals surface area (Å²) in [4.78, 5) is 14.1. The van der Waals surface area contributed by atoms with Crippen molar-refractivity contribution in [3.05, 3.63) is 53.6 Å². The molecule has 1 fully saturated rings. The molecule has 1 unspecified atom stereocenters. The molecule has 1 aromatic heterocycles. The zero-order valence-electron chi connectivity index (χ0n) is 13.5. The maximum atomic E-state index is 13.6. The monoisotopic (exact) mass is 367 g/mol. The molecule has 0 aliphatic carbocycles. The molecule has 2 N–H and O–H groups in total. The summed E-state index contributed by atoms with van der Waals surface area (Å²) < 4.78 is 45.5. The third-order valence-electron chi connectivity index (χ3n) is 4.10. The van der Waals surface area contributed by atoms with Gasteiger partial charge in [0, 0.05) is 25.8 Å². The Morgan fingerprint density at radius 2 is 2.16 bits per heavy atom. The Bertz CT molecular complexity index is 881. The number of hydrogen-bond acceptors (Lipinski definition) is 5. The number of methoxy groups -OCH3 is 1. The third kappa shape index (κ3) is 3.44. The fraction of sp³-hybridized carbons (Fsp3) is 0.312. The van der Waals surface area contributed by atoms with Gasteiger partial charge in [0.2, 0.25) is 10.0 Å². The molecule has 2 aromatic rings. The van der Waals surface area contributed by atoms with Crippen LogP contribution in [0.5, 0.6) is 0 Å². The molecule has 1 atom stereocenters. The average Bonchev–Trinajstić information content (AvgIpc) is 3.12. The zero-order valence-corrected chi connectivity index (χ0v) is 14.3. The number of halogens is 1. The largest absolute Gasteiger partial charge is 0.464 e. The highest BCUT2D eigenvalue weighted by Crippen LogP contribution is 2.29. The van der Waals surface area contributed by atoms with Crippen molar-refractivity contribution in [2.45, 2.75) is 10.9 Å². The van der Waals surface area contributed by atoms with Crippen LogP contribution in [0.25, 0.3) is 0 Å². The number of piperazine rings is 1. The predicted molar refractivity (Wildman–Crippen MR) is 88.0 cm³/mol. The molecule has 3 rings (SSSR count). The minimum atomic E-state index is -3.86. The SMILES string of the molecule is COC(=O)c1cc(S(=O)(=O)N2CCNCC2c2cccc(F)c2)c[nH]1. The summed E-state index contributed by atoms with van der Waals surface area (Å²) in [6, 6.07) is 6.60. The summed E-state index contributed by atoms with van der Waals surface area (Å²) in [7, 11) is -2.65. The first kappa shape index (κ1) is 17.6. The number of H-pyrrole nitrogens is 1. The minimum absolute atomic E-state index is 0.0313. The Balaban J connectivity index is 1.96. The maximum absolute atomic E-state index is 13.6. The van der Waals surface area contributed by atoms with Crippen LogP contribution >= 0.6 is 0 Å². The first-order valence-electron chi connectivity index (χ1n) is 7.68. The van der Waals surface area contributed by atoms with Gasteiger partial charge in [0.25, 0.3) is 0 Å². The van der Waals surface area contributed by atoms with E-state index in [2.05, 4.69) is 15.0 Å². The number of nitrogens with one attached hydrogen (secondary N) is 2. The number of aromatic amines is 1. The van der Waals surface area contributed by atoms with E-state index >= 15 is 0 Å². The molecule has 0 radical (unpaired) electrons. The van der Waals surface area contributed by atoms with Crippen molar-refractivity contribution in [1.82, 2.24) is 14.6 Å². The Kier molecular flexibility index (Phi) is 4.89. The standard InChI is InChI=1S/C16H18FN3O4S/c1-24-16(21)14-8-13(9-19-14)25(22,23)20-6-5-18-10-15(20)11-3-2-4-12(17)7-11/h2-4,7-9,15,18-19H,5-6,10H2,1H3. The quantitative estimate of drug-likeness (QED) is 0.795. The van der Waals surface area contributed by atoms with Crippen molar-refractivity contribution < 1.29 is 22.3 Å². The number of nitrogens with zero attached hydrogens (tertiary/aromatic N) is 1. The molecule has 1 saturated heterocycles. The number of benzene rings is 1. The summed E-state index contributed by atoms with van der Waals surface area (Å²) >= 11 is 0. The van der Waals surface area contributed by atoms with E-state index in [1.807, 2.05) is 0 Å². The van der Waals surface area contributed by atoms with E-state index in [1.165, 1.54) is 35.8 Å². The van der Waals surface area contributed by atoms with Crippen LogP contribution < -0.4 is 5.32 Å². The van der Waals surface area contributed by atoms with Gasteiger partial charge < -0.3 is 15.0 Å². The molecule has 1 aliphatic rings. The van der Waals surface area contributed by atoms with Crippen molar-refractivity contribution in [2.75, 3.05) is 26.7 Å². The number of esters is 1. The van der Waals surface area contributed by atoms with E-state index in [0.29, 0.717) is 18.7 Å². The van der Waals surface area contributed by atoms with Gasteiger partial charge in [-0.15, -0.1) is 0 Å². The van der Waals surface area contributed by atoms with Crippen molar-refractivity contribution in [1.29, 1.82) is 0 Å². The number of aromatic nitrogens is 1. The van der Waals surface area contributed by atoms with E-state index < -0.39 is 27.9 Å². The van der Waals surface area contributed by atoms with Crippen LogP contribution in [0.15, 0.2) is 41.4 Å². The number of carbonyl (C=O) groups is 1. The molecule has 1 aliphatic heterocycles. The van der Waals surface area contributed by atoms with Crippen LogP contribution in [-0.4, -0.2) is 50.4 Å². The van der Waals surface area contributed by atoms with Crippen LogP contribution in [0.1, 0.15) is 22.1 Å². The average molecular weight is 367 g/mol. The van der Waals surface area contributed by atoms with Gasteiger partial charge in [-0.25, -0.2) is 17.6 Å². The van der Waals surface area contributed by atoms with Gasteiger partial charge in [-0.05, 0) is 23.8 Å². The second-order valence-electron chi connectivity index (χ2n) is 5.63. The second kappa shape index (κ2) is 6.95. The highest BCUT2D eigenvalue weighted by molar-refractivity contribution is 7.89. The summed E-state index contributed by atoms with van der Waals surface area (Å²) in [6.45, 7) is 1.10. The molecule has 0 saturated carbocycles. The highest BCUT2D eigenvalue weighted by atomic mass is 32.2. The summed E-state index contributed by atoms with van der Waals surface area (Å²) in [5.74, 6) is -1.07. The Hall–Kier alpha value is -2.23. The van der Waals surface area contributed by atoms with Crippen molar-refractivity contribution in [3.8, 4) is 0 Å². The summed E-state index contributed by atoms with van der Waals surface area (Å²) in [5, 5.41) is 3.13. The van der Waals surface area contributed by atoms with Crippen LogP contribution in [0.4, 0.5) is 4.39 Å². The molecule has 25 heavy (non-hydrogen) atoms. The first-order chi connectivity index (χ1) is 11.9. The summed E-state index contributed by atoms with van der Waals surface area (Å²) in [6.07, 6.45) is 1.26. The lowest BCUT2D eigenvalue weighted by molar-refractivity contribution is 0.0594. The van der Waals surface area contributed by atoms with Gasteiger partial charge in [0.15, 0.2) is 0 Å². The van der Waals surface area contributed by atoms with Gasteiger partial charge in [-0.3, -0.25) is 0 Å². The fourth-order valence-electron chi connectivity index (χ4n) is 2.86. The molecule has 2 heterocycles. The van der Waals surface area contributed by atoms with E-state index in [-0.39, 0.29) is 17.1 Å². The Morgan fingerprint density at radius 3 is 2.88 bits per heavy atom. The normalized spacial score (nSPS) is 18.9. The molecule has 7 nitrogen and oxygen atoms in total. The maximum Gasteiger partial charge on any atom is 0.354 e. The van der Waals surface area contributed by atoms with E-state index in [9.17, 15) is 17.6 Å². The lowest BCUT2D eigenvalue weighted by Gasteiger charge is -2.35. The van der Waals surface area contributed by atoms with Crippen molar-refractivity contribution in [3.63, 3.8) is 0 Å². The van der Waals surface area contributed by atoms with Crippen LogP contribution in [0, 0.1) is 5.82 Å². The predicted octanol–water partition coefficient (Wildman–Crippen LogP) is 1.28. The number of ether oxygens (including phenoxy) is 1. The van der Waals surface area contributed by atoms with E-state index in [4.69, 9.17) is 0 Å². The number of carbonyl (C=O) groups excluding carboxylic acids is 1. The third-order valence-corrected chi connectivity index (χ3v) is 5.98. The number of hydrogen-bond donors (Lipinski definition) is 2. The molecule has 1 aromatic carbocycles.